The number of amides is 1. The molecule has 0 atom stereocenters. The molecule has 0 radical (unpaired) electrons. The van der Waals surface area contributed by atoms with Crippen molar-refractivity contribution in [1.82, 2.24) is 20.1 Å². The molecule has 0 bridgehead atoms. The zero-order chi connectivity index (χ0) is 13.7. The first kappa shape index (κ1) is 13.7. The highest BCUT2D eigenvalue weighted by molar-refractivity contribution is 9.10. The molecule has 1 aromatic carbocycles. The van der Waals surface area contributed by atoms with Crippen LogP contribution in [0.1, 0.15) is 17.5 Å². The van der Waals surface area contributed by atoms with E-state index >= 15 is 0 Å². The maximum Gasteiger partial charge on any atom is 0.222 e. The molecular formula is C13H15BrN4O. The maximum absolute atomic E-state index is 11.7. The summed E-state index contributed by atoms with van der Waals surface area (Å²) in [5, 5.41) is 6.85. The van der Waals surface area contributed by atoms with E-state index in [2.05, 4.69) is 31.3 Å². The minimum Gasteiger partial charge on any atom is -0.352 e. The lowest BCUT2D eigenvalue weighted by Crippen LogP contribution is -2.24. The zero-order valence-electron chi connectivity index (χ0n) is 10.6. The van der Waals surface area contributed by atoms with Gasteiger partial charge in [-0.2, -0.15) is 5.10 Å². The van der Waals surface area contributed by atoms with Crippen LogP contribution < -0.4 is 5.32 Å². The van der Waals surface area contributed by atoms with Crippen molar-refractivity contribution in [2.24, 2.45) is 0 Å². The van der Waals surface area contributed by atoms with Crippen molar-refractivity contribution >= 4 is 21.8 Å². The van der Waals surface area contributed by atoms with Gasteiger partial charge in [0.25, 0.3) is 0 Å². The third kappa shape index (κ3) is 3.89. The number of aromatic nitrogens is 3. The van der Waals surface area contributed by atoms with E-state index in [0.717, 1.165) is 15.6 Å². The van der Waals surface area contributed by atoms with Crippen LogP contribution in [0.4, 0.5) is 0 Å². The van der Waals surface area contributed by atoms with Gasteiger partial charge in [-0.25, -0.2) is 4.98 Å². The van der Waals surface area contributed by atoms with Crippen molar-refractivity contribution in [2.45, 2.75) is 26.4 Å². The summed E-state index contributed by atoms with van der Waals surface area (Å²) in [5.74, 6) is 0.00362. The van der Waals surface area contributed by atoms with Crippen LogP contribution in [0.25, 0.3) is 0 Å². The summed E-state index contributed by atoms with van der Waals surface area (Å²) < 4.78 is 2.69. The quantitative estimate of drug-likeness (QED) is 0.916. The first-order chi connectivity index (χ1) is 9.16. The highest BCUT2D eigenvalue weighted by Crippen LogP contribution is 2.20. The second-order valence-electron chi connectivity index (χ2n) is 4.23. The summed E-state index contributed by atoms with van der Waals surface area (Å²) in [7, 11) is 0. The van der Waals surface area contributed by atoms with Gasteiger partial charge in [-0.15, -0.1) is 0 Å². The Hall–Kier alpha value is -1.69. The van der Waals surface area contributed by atoms with Crippen LogP contribution in [0.3, 0.4) is 0 Å². The second-order valence-corrected chi connectivity index (χ2v) is 5.03. The van der Waals surface area contributed by atoms with Gasteiger partial charge in [0.15, 0.2) is 0 Å². The molecule has 19 heavy (non-hydrogen) atoms. The SMILES string of the molecule is Cc1cccc(CNC(=O)CCn2cncn2)c1Br. The Bertz CT molecular complexity index is 554. The summed E-state index contributed by atoms with van der Waals surface area (Å²) in [4.78, 5) is 15.5. The van der Waals surface area contributed by atoms with E-state index in [0.29, 0.717) is 19.5 Å². The molecule has 0 aliphatic rings. The Balaban J connectivity index is 1.81. The predicted octanol–water partition coefficient (Wildman–Crippen LogP) is 2.06. The smallest absolute Gasteiger partial charge is 0.222 e. The molecule has 6 heteroatoms. The standard InChI is InChI=1S/C13H15BrN4O/c1-10-3-2-4-11(13(10)14)7-16-12(19)5-6-18-9-15-8-17-18/h2-4,8-9H,5-7H2,1H3,(H,16,19). The van der Waals surface area contributed by atoms with E-state index in [-0.39, 0.29) is 5.91 Å². The Labute approximate surface area is 120 Å². The maximum atomic E-state index is 11.7. The molecule has 0 saturated carbocycles. The third-order valence-corrected chi connectivity index (χ3v) is 3.92. The lowest BCUT2D eigenvalue weighted by atomic mass is 10.1. The fourth-order valence-corrected chi connectivity index (χ4v) is 2.10. The van der Waals surface area contributed by atoms with Gasteiger partial charge in [-0.3, -0.25) is 9.48 Å². The monoisotopic (exact) mass is 322 g/mol. The average Bonchev–Trinajstić information content (AvgIpc) is 2.91. The fraction of sp³-hybridized carbons (Fsp3) is 0.308. The molecule has 100 valence electrons. The summed E-state index contributed by atoms with van der Waals surface area (Å²) in [6.45, 7) is 3.10. The largest absolute Gasteiger partial charge is 0.352 e. The van der Waals surface area contributed by atoms with Crippen LogP contribution >= 0.6 is 15.9 Å². The van der Waals surface area contributed by atoms with Crippen molar-refractivity contribution in [3.05, 3.63) is 46.5 Å². The molecule has 1 heterocycles. The molecule has 1 aromatic heterocycles. The number of carbonyl (C=O) groups excluding carboxylic acids is 1. The fourth-order valence-electron chi connectivity index (χ4n) is 1.69. The first-order valence-electron chi connectivity index (χ1n) is 6.00. The molecule has 2 rings (SSSR count). The first-order valence-corrected chi connectivity index (χ1v) is 6.79. The minimum atomic E-state index is 0.00362. The molecule has 0 saturated heterocycles. The van der Waals surface area contributed by atoms with Gasteiger partial charge in [0.05, 0.1) is 6.54 Å². The van der Waals surface area contributed by atoms with E-state index < -0.39 is 0 Å². The van der Waals surface area contributed by atoms with Crippen LogP contribution in [0, 0.1) is 6.92 Å². The Kier molecular flexibility index (Phi) is 4.68. The number of hydrogen-bond donors (Lipinski definition) is 1. The number of hydrogen-bond acceptors (Lipinski definition) is 3. The van der Waals surface area contributed by atoms with Crippen LogP contribution in [-0.2, 0) is 17.9 Å². The Morgan fingerprint density at radius 3 is 3.05 bits per heavy atom. The molecule has 1 amide bonds. The van der Waals surface area contributed by atoms with E-state index in [1.54, 1.807) is 11.0 Å². The number of carbonyl (C=O) groups is 1. The van der Waals surface area contributed by atoms with Crippen molar-refractivity contribution in [1.29, 1.82) is 0 Å². The van der Waals surface area contributed by atoms with E-state index in [4.69, 9.17) is 0 Å². The van der Waals surface area contributed by atoms with Gasteiger partial charge < -0.3 is 5.32 Å². The lowest BCUT2D eigenvalue weighted by molar-refractivity contribution is -0.121. The summed E-state index contributed by atoms with van der Waals surface area (Å²) >= 11 is 3.53. The second kappa shape index (κ2) is 6.47. The number of halogens is 1. The molecule has 0 aliphatic heterocycles. The Morgan fingerprint density at radius 1 is 1.47 bits per heavy atom. The van der Waals surface area contributed by atoms with Crippen LogP contribution in [0.15, 0.2) is 35.3 Å². The number of nitrogens with one attached hydrogen (secondary N) is 1. The van der Waals surface area contributed by atoms with Crippen LogP contribution in [0.5, 0.6) is 0 Å². The van der Waals surface area contributed by atoms with Gasteiger partial charge in [-0.05, 0) is 18.1 Å². The summed E-state index contributed by atoms with van der Waals surface area (Å²) in [6, 6.07) is 6.01. The lowest BCUT2D eigenvalue weighted by Gasteiger charge is -2.08. The van der Waals surface area contributed by atoms with Crippen molar-refractivity contribution in [2.75, 3.05) is 0 Å². The zero-order valence-corrected chi connectivity index (χ0v) is 12.2. The minimum absolute atomic E-state index is 0.00362. The van der Waals surface area contributed by atoms with Crippen LogP contribution in [-0.4, -0.2) is 20.7 Å². The molecule has 5 nitrogen and oxygen atoms in total. The number of benzene rings is 1. The summed E-state index contributed by atoms with van der Waals surface area (Å²) in [5.41, 5.74) is 2.24. The number of nitrogens with zero attached hydrogens (tertiary/aromatic N) is 3. The topological polar surface area (TPSA) is 59.8 Å². The van der Waals surface area contributed by atoms with Crippen molar-refractivity contribution in [3.8, 4) is 0 Å². The number of aryl methyl sites for hydroxylation is 2. The van der Waals surface area contributed by atoms with E-state index in [1.807, 2.05) is 25.1 Å². The molecule has 0 spiro atoms. The molecule has 0 aliphatic carbocycles. The normalized spacial score (nSPS) is 10.4. The number of rotatable bonds is 5. The van der Waals surface area contributed by atoms with Gasteiger partial charge in [-0.1, -0.05) is 34.1 Å². The molecule has 0 unspecified atom stereocenters. The molecule has 1 N–H and O–H groups in total. The van der Waals surface area contributed by atoms with E-state index in [1.165, 1.54) is 6.33 Å². The van der Waals surface area contributed by atoms with E-state index in [9.17, 15) is 4.79 Å². The van der Waals surface area contributed by atoms with Crippen LogP contribution in [0.2, 0.25) is 0 Å². The summed E-state index contributed by atoms with van der Waals surface area (Å²) in [6.07, 6.45) is 3.46. The molecular weight excluding hydrogens is 308 g/mol. The highest BCUT2D eigenvalue weighted by atomic mass is 79.9. The Morgan fingerprint density at radius 2 is 2.32 bits per heavy atom. The molecule has 0 fully saturated rings. The predicted molar refractivity (Wildman–Crippen MR) is 75.4 cm³/mol. The van der Waals surface area contributed by atoms with Gasteiger partial charge in [0.2, 0.25) is 5.91 Å². The third-order valence-electron chi connectivity index (χ3n) is 2.78. The van der Waals surface area contributed by atoms with Gasteiger partial charge in [0.1, 0.15) is 12.7 Å². The van der Waals surface area contributed by atoms with Crippen molar-refractivity contribution < 1.29 is 4.79 Å². The van der Waals surface area contributed by atoms with Gasteiger partial charge >= 0.3 is 0 Å². The average molecular weight is 323 g/mol. The van der Waals surface area contributed by atoms with Gasteiger partial charge in [0, 0.05) is 17.4 Å². The van der Waals surface area contributed by atoms with Crippen molar-refractivity contribution in [3.63, 3.8) is 0 Å². The molecule has 2 aromatic rings. The highest BCUT2D eigenvalue weighted by Gasteiger charge is 2.05.